The van der Waals surface area contributed by atoms with Crippen LogP contribution in [-0.2, 0) is 0 Å². The molecule has 1 fully saturated rings. The normalized spacial score (nSPS) is 16.4. The lowest BCUT2D eigenvalue weighted by Crippen LogP contribution is -2.24. The first-order valence-electron chi connectivity index (χ1n) is 6.59. The molecule has 0 atom stereocenters. The molecule has 1 saturated carbocycles. The zero-order valence-corrected chi connectivity index (χ0v) is 10.7. The van der Waals surface area contributed by atoms with Crippen LogP contribution in [0.2, 0.25) is 0 Å². The Balaban J connectivity index is 1.81. The van der Waals surface area contributed by atoms with Crippen molar-refractivity contribution in [2.24, 2.45) is 0 Å². The lowest BCUT2D eigenvalue weighted by molar-refractivity contribution is 0.460. The second kappa shape index (κ2) is 5.21. The maximum atomic E-state index is 5.73. The van der Waals surface area contributed by atoms with Crippen molar-refractivity contribution < 1.29 is 0 Å². The Labute approximate surface area is 111 Å². The number of rotatable bonds is 3. The Morgan fingerprint density at radius 3 is 2.74 bits per heavy atom. The molecule has 0 radical (unpaired) electrons. The van der Waals surface area contributed by atoms with Gasteiger partial charge in [0.15, 0.2) is 0 Å². The van der Waals surface area contributed by atoms with E-state index in [1.165, 1.54) is 19.3 Å². The molecule has 2 heterocycles. The van der Waals surface area contributed by atoms with Gasteiger partial charge in [0.2, 0.25) is 11.9 Å². The molecule has 7 nitrogen and oxygen atoms in total. The van der Waals surface area contributed by atoms with Crippen molar-refractivity contribution in [3.63, 3.8) is 0 Å². The fourth-order valence-electron chi connectivity index (χ4n) is 2.36. The average molecular weight is 259 g/mol. The van der Waals surface area contributed by atoms with Crippen molar-refractivity contribution in [1.29, 1.82) is 0 Å². The van der Waals surface area contributed by atoms with Crippen molar-refractivity contribution in [3.05, 3.63) is 18.5 Å². The van der Waals surface area contributed by atoms with Crippen molar-refractivity contribution in [2.75, 3.05) is 11.1 Å². The van der Waals surface area contributed by atoms with Crippen LogP contribution in [0.25, 0.3) is 5.95 Å². The standard InChI is InChI=1S/C12H17N7/c13-10-16-11(15-9-5-2-1-3-6-9)18-12(17-10)19-8-4-7-14-19/h4,7-9H,1-3,5-6H2,(H3,13,15,16,17,18). The fraction of sp³-hybridized carbons (Fsp3) is 0.500. The minimum atomic E-state index is 0.207. The summed E-state index contributed by atoms with van der Waals surface area (Å²) in [7, 11) is 0. The summed E-state index contributed by atoms with van der Waals surface area (Å²) in [5, 5.41) is 7.44. The first-order valence-corrected chi connectivity index (χ1v) is 6.59. The quantitative estimate of drug-likeness (QED) is 0.864. The molecule has 0 amide bonds. The Kier molecular flexibility index (Phi) is 3.26. The lowest BCUT2D eigenvalue weighted by Gasteiger charge is -2.22. The van der Waals surface area contributed by atoms with Gasteiger partial charge in [-0.2, -0.15) is 20.1 Å². The molecule has 0 aliphatic heterocycles. The van der Waals surface area contributed by atoms with Crippen LogP contribution in [-0.4, -0.2) is 30.8 Å². The van der Waals surface area contributed by atoms with E-state index in [-0.39, 0.29) is 5.95 Å². The molecule has 2 aromatic rings. The largest absolute Gasteiger partial charge is 0.368 e. The predicted octanol–water partition coefficient (Wildman–Crippen LogP) is 1.38. The average Bonchev–Trinajstić information content (AvgIpc) is 2.93. The number of nitrogens with zero attached hydrogens (tertiary/aromatic N) is 5. The van der Waals surface area contributed by atoms with E-state index in [4.69, 9.17) is 5.73 Å². The van der Waals surface area contributed by atoms with E-state index in [0.717, 1.165) is 12.8 Å². The van der Waals surface area contributed by atoms with Crippen molar-refractivity contribution >= 4 is 11.9 Å². The van der Waals surface area contributed by atoms with Gasteiger partial charge in [-0.25, -0.2) is 4.68 Å². The van der Waals surface area contributed by atoms with E-state index < -0.39 is 0 Å². The van der Waals surface area contributed by atoms with E-state index >= 15 is 0 Å². The second-order valence-electron chi connectivity index (χ2n) is 4.75. The van der Waals surface area contributed by atoms with E-state index in [1.807, 2.05) is 6.07 Å². The van der Waals surface area contributed by atoms with Crippen LogP contribution in [0.15, 0.2) is 18.5 Å². The first kappa shape index (κ1) is 11.9. The van der Waals surface area contributed by atoms with Crippen molar-refractivity contribution in [1.82, 2.24) is 24.7 Å². The van der Waals surface area contributed by atoms with Crippen molar-refractivity contribution in [3.8, 4) is 5.95 Å². The molecule has 1 aliphatic rings. The van der Waals surface area contributed by atoms with E-state index in [1.54, 1.807) is 17.1 Å². The summed E-state index contributed by atoms with van der Waals surface area (Å²) < 4.78 is 1.57. The van der Waals surface area contributed by atoms with Gasteiger partial charge in [-0.3, -0.25) is 0 Å². The van der Waals surface area contributed by atoms with Crippen LogP contribution in [0.5, 0.6) is 0 Å². The van der Waals surface area contributed by atoms with Gasteiger partial charge >= 0.3 is 0 Å². The molecule has 100 valence electrons. The SMILES string of the molecule is Nc1nc(NC2CCCCC2)nc(-n2cccn2)n1. The topological polar surface area (TPSA) is 94.5 Å². The lowest BCUT2D eigenvalue weighted by atomic mass is 9.96. The summed E-state index contributed by atoms with van der Waals surface area (Å²) in [5.41, 5.74) is 5.73. The van der Waals surface area contributed by atoms with E-state index in [2.05, 4.69) is 25.4 Å². The minimum Gasteiger partial charge on any atom is -0.368 e. The number of hydrogen-bond acceptors (Lipinski definition) is 6. The second-order valence-corrected chi connectivity index (χ2v) is 4.75. The van der Waals surface area contributed by atoms with E-state index in [0.29, 0.717) is 17.9 Å². The van der Waals surface area contributed by atoms with Crippen LogP contribution in [0, 0.1) is 0 Å². The molecule has 0 aromatic carbocycles. The zero-order chi connectivity index (χ0) is 13.1. The highest BCUT2D eigenvalue weighted by atomic mass is 15.4. The van der Waals surface area contributed by atoms with Crippen LogP contribution >= 0.6 is 0 Å². The highest BCUT2D eigenvalue weighted by Crippen LogP contribution is 2.20. The summed E-state index contributed by atoms with van der Waals surface area (Å²) in [5.74, 6) is 1.18. The fourth-order valence-corrected chi connectivity index (χ4v) is 2.36. The minimum absolute atomic E-state index is 0.207. The molecular weight excluding hydrogens is 242 g/mol. The number of anilines is 2. The third-order valence-electron chi connectivity index (χ3n) is 3.29. The third kappa shape index (κ3) is 2.81. The van der Waals surface area contributed by atoms with Gasteiger partial charge in [-0.15, -0.1) is 0 Å². The number of hydrogen-bond donors (Lipinski definition) is 2. The molecule has 2 aromatic heterocycles. The zero-order valence-electron chi connectivity index (χ0n) is 10.7. The Bertz CT molecular complexity index is 531. The van der Waals surface area contributed by atoms with Gasteiger partial charge in [0, 0.05) is 18.4 Å². The maximum Gasteiger partial charge on any atom is 0.257 e. The van der Waals surface area contributed by atoms with Gasteiger partial charge in [0.05, 0.1) is 0 Å². The molecule has 0 saturated heterocycles. The van der Waals surface area contributed by atoms with Gasteiger partial charge in [0.25, 0.3) is 5.95 Å². The molecule has 0 spiro atoms. The smallest absolute Gasteiger partial charge is 0.257 e. The Morgan fingerprint density at radius 1 is 1.16 bits per heavy atom. The molecule has 1 aliphatic carbocycles. The van der Waals surface area contributed by atoms with Gasteiger partial charge in [0.1, 0.15) is 0 Å². The summed E-state index contributed by atoms with van der Waals surface area (Å²) >= 11 is 0. The summed E-state index contributed by atoms with van der Waals surface area (Å²) in [6.07, 6.45) is 9.59. The molecule has 7 heteroatoms. The Hall–Kier alpha value is -2.18. The van der Waals surface area contributed by atoms with E-state index in [9.17, 15) is 0 Å². The number of nitrogens with two attached hydrogens (primary N) is 1. The van der Waals surface area contributed by atoms with Crippen molar-refractivity contribution in [2.45, 2.75) is 38.1 Å². The number of nitrogen functional groups attached to an aromatic ring is 1. The summed E-state index contributed by atoms with van der Waals surface area (Å²) in [6, 6.07) is 2.25. The first-order chi connectivity index (χ1) is 9.31. The van der Waals surface area contributed by atoms with Gasteiger partial charge < -0.3 is 11.1 Å². The van der Waals surface area contributed by atoms with Crippen LogP contribution in [0.3, 0.4) is 0 Å². The maximum absolute atomic E-state index is 5.73. The highest BCUT2D eigenvalue weighted by Gasteiger charge is 2.15. The van der Waals surface area contributed by atoms with Gasteiger partial charge in [-0.05, 0) is 18.9 Å². The molecule has 0 unspecified atom stereocenters. The van der Waals surface area contributed by atoms with Crippen LogP contribution in [0.1, 0.15) is 32.1 Å². The molecule has 0 bridgehead atoms. The highest BCUT2D eigenvalue weighted by molar-refractivity contribution is 5.35. The Morgan fingerprint density at radius 2 is 2.00 bits per heavy atom. The summed E-state index contributed by atoms with van der Waals surface area (Å²) in [6.45, 7) is 0. The van der Waals surface area contributed by atoms with Gasteiger partial charge in [-0.1, -0.05) is 19.3 Å². The molecular formula is C12H17N7. The molecule has 3 N–H and O–H groups in total. The third-order valence-corrected chi connectivity index (χ3v) is 3.29. The summed E-state index contributed by atoms with van der Waals surface area (Å²) in [4.78, 5) is 12.6. The predicted molar refractivity (Wildman–Crippen MR) is 71.9 cm³/mol. The number of nitrogens with one attached hydrogen (secondary N) is 1. The monoisotopic (exact) mass is 259 g/mol. The van der Waals surface area contributed by atoms with Crippen LogP contribution in [0.4, 0.5) is 11.9 Å². The number of aromatic nitrogens is 5. The molecule has 3 rings (SSSR count). The molecule has 19 heavy (non-hydrogen) atoms. The van der Waals surface area contributed by atoms with Crippen LogP contribution < -0.4 is 11.1 Å².